The number of benzene rings is 2. The second-order valence-electron chi connectivity index (χ2n) is 7.38. The van der Waals surface area contributed by atoms with Gasteiger partial charge in [-0.15, -0.1) is 0 Å². The number of halogens is 1. The van der Waals surface area contributed by atoms with Crippen molar-refractivity contribution in [3.63, 3.8) is 0 Å². The van der Waals surface area contributed by atoms with Gasteiger partial charge in [0.25, 0.3) is 5.91 Å². The van der Waals surface area contributed by atoms with Crippen LogP contribution in [0.25, 0.3) is 0 Å². The van der Waals surface area contributed by atoms with Crippen LogP contribution < -0.4 is 5.32 Å². The molecule has 1 fully saturated rings. The molecule has 0 bridgehead atoms. The Labute approximate surface area is 174 Å². The molecule has 152 valence electrons. The maximum Gasteiger partial charge on any atom is 0.253 e. The molecule has 1 aliphatic rings. The Morgan fingerprint density at radius 3 is 2.53 bits per heavy atom. The molecular formula is C24H22FN3O2. The van der Waals surface area contributed by atoms with E-state index >= 15 is 0 Å². The molecule has 0 unspecified atom stereocenters. The van der Waals surface area contributed by atoms with Crippen LogP contribution >= 0.6 is 0 Å². The number of carbonyl (C=O) groups excluding carboxylic acids is 2. The number of nitrogens with one attached hydrogen (secondary N) is 1. The fraction of sp³-hybridized carbons (Fsp3) is 0.208. The lowest BCUT2D eigenvalue weighted by Crippen LogP contribution is -2.35. The summed E-state index contributed by atoms with van der Waals surface area (Å²) in [5.41, 5.74) is 2.05. The Morgan fingerprint density at radius 2 is 1.80 bits per heavy atom. The molecule has 1 aromatic heterocycles. The molecular weight excluding hydrogens is 381 g/mol. The highest BCUT2D eigenvalue weighted by molar-refractivity contribution is 5.95. The Kier molecular flexibility index (Phi) is 5.84. The van der Waals surface area contributed by atoms with Crippen LogP contribution in [0.15, 0.2) is 79.0 Å². The van der Waals surface area contributed by atoms with Gasteiger partial charge in [-0.05, 0) is 42.0 Å². The summed E-state index contributed by atoms with van der Waals surface area (Å²) < 4.78 is 13.8. The minimum Gasteiger partial charge on any atom is -0.350 e. The van der Waals surface area contributed by atoms with Crippen molar-refractivity contribution in [2.24, 2.45) is 5.92 Å². The van der Waals surface area contributed by atoms with E-state index in [2.05, 4.69) is 10.3 Å². The number of amides is 2. The Morgan fingerprint density at radius 1 is 1.00 bits per heavy atom. The van der Waals surface area contributed by atoms with Crippen molar-refractivity contribution in [2.45, 2.75) is 12.5 Å². The molecule has 2 atom stereocenters. The van der Waals surface area contributed by atoms with E-state index in [4.69, 9.17) is 0 Å². The number of pyridine rings is 1. The molecule has 0 radical (unpaired) electrons. The van der Waals surface area contributed by atoms with Crippen LogP contribution in [0.1, 0.15) is 27.5 Å². The van der Waals surface area contributed by atoms with E-state index in [1.807, 2.05) is 42.5 Å². The van der Waals surface area contributed by atoms with Gasteiger partial charge in [0.2, 0.25) is 5.91 Å². The average Bonchev–Trinajstić information content (AvgIpc) is 3.24. The van der Waals surface area contributed by atoms with Gasteiger partial charge in [0.05, 0.1) is 18.2 Å². The topological polar surface area (TPSA) is 62.3 Å². The number of hydrogen-bond donors (Lipinski definition) is 1. The summed E-state index contributed by atoms with van der Waals surface area (Å²) in [7, 11) is 0. The third-order valence-corrected chi connectivity index (χ3v) is 5.41. The number of likely N-dealkylation sites (tertiary alicyclic amines) is 1. The smallest absolute Gasteiger partial charge is 0.253 e. The molecule has 30 heavy (non-hydrogen) atoms. The standard InChI is InChI=1S/C24H22FN3O2/c25-19-10-6-9-18(13-19)21-15-28(24(30)17-7-2-1-3-8-17)16-22(21)23(29)27-14-20-11-4-5-12-26-20/h1-13,21-22H,14-16H2,(H,27,29)/t21-,22+/m1/s1. The van der Waals surface area contributed by atoms with Crippen LogP contribution in [0, 0.1) is 11.7 Å². The molecule has 3 aromatic rings. The molecule has 4 rings (SSSR count). The highest BCUT2D eigenvalue weighted by atomic mass is 19.1. The second-order valence-corrected chi connectivity index (χ2v) is 7.38. The van der Waals surface area contributed by atoms with Crippen LogP contribution in [0.3, 0.4) is 0 Å². The molecule has 2 aromatic carbocycles. The van der Waals surface area contributed by atoms with Gasteiger partial charge in [0.15, 0.2) is 0 Å². The fourth-order valence-electron chi connectivity index (χ4n) is 3.89. The predicted octanol–water partition coefficient (Wildman–Crippen LogP) is 3.39. The van der Waals surface area contributed by atoms with E-state index in [0.717, 1.165) is 11.3 Å². The molecule has 6 heteroatoms. The fourth-order valence-corrected chi connectivity index (χ4v) is 3.89. The molecule has 0 saturated carbocycles. The first kappa shape index (κ1) is 19.8. The number of hydrogen-bond acceptors (Lipinski definition) is 3. The predicted molar refractivity (Wildman–Crippen MR) is 111 cm³/mol. The van der Waals surface area contributed by atoms with Crippen LogP contribution in [-0.2, 0) is 11.3 Å². The van der Waals surface area contributed by atoms with E-state index in [0.29, 0.717) is 18.7 Å². The zero-order valence-electron chi connectivity index (χ0n) is 16.4. The lowest BCUT2D eigenvalue weighted by Gasteiger charge is -2.18. The van der Waals surface area contributed by atoms with Crippen molar-refractivity contribution in [1.82, 2.24) is 15.2 Å². The number of rotatable bonds is 5. The van der Waals surface area contributed by atoms with Gasteiger partial charge in [-0.3, -0.25) is 14.6 Å². The Balaban J connectivity index is 1.55. The van der Waals surface area contributed by atoms with Crippen LogP contribution in [0.5, 0.6) is 0 Å². The largest absolute Gasteiger partial charge is 0.350 e. The minimum atomic E-state index is -0.469. The molecule has 1 saturated heterocycles. The molecule has 2 amide bonds. The normalized spacial score (nSPS) is 18.2. The second kappa shape index (κ2) is 8.86. The summed E-state index contributed by atoms with van der Waals surface area (Å²) in [5.74, 6) is -1.40. The summed E-state index contributed by atoms with van der Waals surface area (Å²) in [6.07, 6.45) is 1.67. The average molecular weight is 403 g/mol. The molecule has 0 spiro atoms. The van der Waals surface area contributed by atoms with Gasteiger partial charge in [0, 0.05) is 30.8 Å². The Hall–Kier alpha value is -3.54. The Bertz CT molecular complexity index is 1030. The molecule has 1 aliphatic heterocycles. The third kappa shape index (κ3) is 4.38. The monoisotopic (exact) mass is 403 g/mol. The van der Waals surface area contributed by atoms with Gasteiger partial charge in [-0.2, -0.15) is 0 Å². The van der Waals surface area contributed by atoms with Gasteiger partial charge < -0.3 is 10.2 Å². The minimum absolute atomic E-state index is 0.128. The van der Waals surface area contributed by atoms with Crippen molar-refractivity contribution in [3.05, 3.63) is 102 Å². The lowest BCUT2D eigenvalue weighted by atomic mass is 9.88. The van der Waals surface area contributed by atoms with E-state index in [-0.39, 0.29) is 30.1 Å². The van der Waals surface area contributed by atoms with E-state index in [1.165, 1.54) is 12.1 Å². The quantitative estimate of drug-likeness (QED) is 0.710. The summed E-state index contributed by atoms with van der Waals surface area (Å²) in [6, 6.07) is 20.8. The van der Waals surface area contributed by atoms with E-state index in [9.17, 15) is 14.0 Å². The van der Waals surface area contributed by atoms with Gasteiger partial charge >= 0.3 is 0 Å². The van der Waals surface area contributed by atoms with Crippen molar-refractivity contribution >= 4 is 11.8 Å². The van der Waals surface area contributed by atoms with Crippen molar-refractivity contribution < 1.29 is 14.0 Å². The van der Waals surface area contributed by atoms with Crippen LogP contribution in [0.2, 0.25) is 0 Å². The summed E-state index contributed by atoms with van der Waals surface area (Å²) >= 11 is 0. The van der Waals surface area contributed by atoms with E-state index < -0.39 is 5.92 Å². The first-order valence-corrected chi connectivity index (χ1v) is 9.89. The van der Waals surface area contributed by atoms with Gasteiger partial charge in [-0.1, -0.05) is 36.4 Å². The highest BCUT2D eigenvalue weighted by Crippen LogP contribution is 2.34. The highest BCUT2D eigenvalue weighted by Gasteiger charge is 2.40. The molecule has 1 N–H and O–H groups in total. The first-order chi connectivity index (χ1) is 14.6. The van der Waals surface area contributed by atoms with Crippen LogP contribution in [0.4, 0.5) is 4.39 Å². The number of carbonyl (C=O) groups is 2. The maximum atomic E-state index is 13.8. The first-order valence-electron chi connectivity index (χ1n) is 9.89. The maximum absolute atomic E-state index is 13.8. The van der Waals surface area contributed by atoms with Crippen molar-refractivity contribution in [1.29, 1.82) is 0 Å². The molecule has 5 nitrogen and oxygen atoms in total. The molecule has 2 heterocycles. The van der Waals surface area contributed by atoms with Crippen molar-refractivity contribution in [3.8, 4) is 0 Å². The van der Waals surface area contributed by atoms with Gasteiger partial charge in [0.1, 0.15) is 5.82 Å². The van der Waals surface area contributed by atoms with Crippen molar-refractivity contribution in [2.75, 3.05) is 13.1 Å². The third-order valence-electron chi connectivity index (χ3n) is 5.41. The molecule has 0 aliphatic carbocycles. The SMILES string of the molecule is O=C(NCc1ccccn1)[C@H]1CN(C(=O)c2ccccc2)C[C@@H]1c1cccc(F)c1. The van der Waals surface area contributed by atoms with Crippen LogP contribution in [-0.4, -0.2) is 34.8 Å². The van der Waals surface area contributed by atoms with Gasteiger partial charge in [-0.25, -0.2) is 4.39 Å². The zero-order valence-corrected chi connectivity index (χ0v) is 16.4. The summed E-state index contributed by atoms with van der Waals surface area (Å²) in [5, 5.41) is 2.92. The zero-order chi connectivity index (χ0) is 20.9. The summed E-state index contributed by atoms with van der Waals surface area (Å²) in [4.78, 5) is 31.9. The lowest BCUT2D eigenvalue weighted by molar-refractivity contribution is -0.125. The van der Waals surface area contributed by atoms with E-state index in [1.54, 1.807) is 29.3 Å². The number of nitrogens with zero attached hydrogens (tertiary/aromatic N) is 2. The summed E-state index contributed by atoms with van der Waals surface area (Å²) in [6.45, 7) is 0.945. The number of aromatic nitrogens is 1.